The number of anilines is 1. The lowest BCUT2D eigenvalue weighted by atomic mass is 10.2. The molecule has 2 nitrogen and oxygen atoms in total. The average Bonchev–Trinajstić information content (AvgIpc) is 2.12. The minimum Gasteiger partial charge on any atom is -0.397 e. The van der Waals surface area contributed by atoms with Crippen molar-refractivity contribution < 1.29 is 4.39 Å². The van der Waals surface area contributed by atoms with Crippen LogP contribution in [0.3, 0.4) is 0 Å². The van der Waals surface area contributed by atoms with E-state index < -0.39 is 0 Å². The van der Waals surface area contributed by atoms with Crippen molar-refractivity contribution in [2.45, 2.75) is 0 Å². The zero-order valence-corrected chi connectivity index (χ0v) is 8.18. The van der Waals surface area contributed by atoms with Crippen LogP contribution in [0.15, 0.2) is 28.9 Å². The van der Waals surface area contributed by atoms with Crippen LogP contribution in [-0.4, -0.2) is 4.98 Å². The van der Waals surface area contributed by atoms with Crippen molar-refractivity contribution >= 4 is 32.5 Å². The van der Waals surface area contributed by atoms with Crippen LogP contribution in [0.4, 0.5) is 10.1 Å². The highest BCUT2D eigenvalue weighted by Crippen LogP contribution is 2.27. The van der Waals surface area contributed by atoms with Gasteiger partial charge in [0.2, 0.25) is 0 Å². The van der Waals surface area contributed by atoms with Crippen molar-refractivity contribution in [3.05, 3.63) is 34.7 Å². The minimum absolute atomic E-state index is 0.309. The zero-order valence-electron chi connectivity index (χ0n) is 6.59. The van der Waals surface area contributed by atoms with Crippen LogP contribution < -0.4 is 5.73 Å². The highest BCUT2D eigenvalue weighted by molar-refractivity contribution is 9.10. The summed E-state index contributed by atoms with van der Waals surface area (Å²) >= 11 is 3.23. The summed E-state index contributed by atoms with van der Waals surface area (Å²) in [4.78, 5) is 3.94. The van der Waals surface area contributed by atoms with E-state index >= 15 is 0 Å². The average molecular weight is 241 g/mol. The fourth-order valence-corrected chi connectivity index (χ4v) is 1.50. The highest BCUT2D eigenvalue weighted by Gasteiger charge is 2.06. The van der Waals surface area contributed by atoms with Crippen LogP contribution in [0.1, 0.15) is 0 Å². The molecule has 4 heteroatoms. The van der Waals surface area contributed by atoms with Crippen molar-refractivity contribution in [3.63, 3.8) is 0 Å². The molecule has 2 N–H and O–H groups in total. The van der Waals surface area contributed by atoms with Crippen molar-refractivity contribution in [1.82, 2.24) is 4.98 Å². The lowest BCUT2D eigenvalue weighted by molar-refractivity contribution is 0.637. The second kappa shape index (κ2) is 2.96. The van der Waals surface area contributed by atoms with Gasteiger partial charge in [0.25, 0.3) is 0 Å². The molecular weight excluding hydrogens is 235 g/mol. The zero-order chi connectivity index (χ0) is 9.42. The van der Waals surface area contributed by atoms with Crippen molar-refractivity contribution in [1.29, 1.82) is 0 Å². The molecule has 0 bridgehead atoms. The molecule has 0 unspecified atom stereocenters. The first kappa shape index (κ1) is 8.44. The van der Waals surface area contributed by atoms with Gasteiger partial charge in [-0.2, -0.15) is 0 Å². The van der Waals surface area contributed by atoms with Crippen molar-refractivity contribution in [3.8, 4) is 0 Å². The van der Waals surface area contributed by atoms with Gasteiger partial charge in [0.1, 0.15) is 11.3 Å². The Kier molecular flexibility index (Phi) is 1.92. The van der Waals surface area contributed by atoms with E-state index in [4.69, 9.17) is 5.73 Å². The Labute approximate surface area is 82.7 Å². The third-order valence-electron chi connectivity index (χ3n) is 1.84. The molecule has 1 heterocycles. The molecule has 1 aromatic heterocycles. The summed E-state index contributed by atoms with van der Waals surface area (Å²) in [5, 5.41) is 0.634. The number of fused-ring (bicyclic) bond motifs is 1. The number of nitrogen functional groups attached to an aromatic ring is 1. The van der Waals surface area contributed by atoms with E-state index in [-0.39, 0.29) is 5.82 Å². The van der Waals surface area contributed by atoms with Gasteiger partial charge in [-0.15, -0.1) is 0 Å². The number of rotatable bonds is 0. The molecule has 2 rings (SSSR count). The van der Waals surface area contributed by atoms with Gasteiger partial charge < -0.3 is 5.73 Å². The summed E-state index contributed by atoms with van der Waals surface area (Å²) < 4.78 is 13.9. The van der Waals surface area contributed by atoms with E-state index in [1.165, 1.54) is 12.3 Å². The van der Waals surface area contributed by atoms with Gasteiger partial charge in [0, 0.05) is 11.6 Å². The monoisotopic (exact) mass is 240 g/mol. The Bertz CT molecular complexity index is 470. The maximum atomic E-state index is 13.2. The summed E-state index contributed by atoms with van der Waals surface area (Å²) in [6.07, 6.45) is 1.50. The maximum absolute atomic E-state index is 13.2. The van der Waals surface area contributed by atoms with Crippen LogP contribution in [-0.2, 0) is 0 Å². The van der Waals surface area contributed by atoms with Gasteiger partial charge in [-0.1, -0.05) is 12.1 Å². The Morgan fingerprint density at radius 2 is 2.15 bits per heavy atom. The Balaban J connectivity index is 2.94. The first-order chi connectivity index (χ1) is 6.20. The predicted molar refractivity (Wildman–Crippen MR) is 53.8 cm³/mol. The Hall–Kier alpha value is -1.16. The van der Waals surface area contributed by atoms with Gasteiger partial charge in [0.15, 0.2) is 0 Å². The summed E-state index contributed by atoms with van der Waals surface area (Å²) in [5.41, 5.74) is 6.56. The minimum atomic E-state index is -0.350. The second-order valence-electron chi connectivity index (χ2n) is 2.66. The van der Waals surface area contributed by atoms with Gasteiger partial charge >= 0.3 is 0 Å². The van der Waals surface area contributed by atoms with E-state index in [0.717, 1.165) is 0 Å². The summed E-state index contributed by atoms with van der Waals surface area (Å²) in [6, 6.07) is 4.72. The molecule has 0 amide bonds. The molecule has 1 aromatic carbocycles. The molecule has 0 saturated heterocycles. The Morgan fingerprint density at radius 1 is 1.38 bits per heavy atom. The number of pyridine rings is 1. The summed E-state index contributed by atoms with van der Waals surface area (Å²) in [7, 11) is 0. The van der Waals surface area contributed by atoms with Crippen LogP contribution in [0.2, 0.25) is 0 Å². The molecule has 0 radical (unpaired) electrons. The molecule has 2 aromatic rings. The van der Waals surface area contributed by atoms with Gasteiger partial charge in [-0.25, -0.2) is 4.39 Å². The van der Waals surface area contributed by atoms with Crippen molar-refractivity contribution in [2.24, 2.45) is 0 Å². The fourth-order valence-electron chi connectivity index (χ4n) is 1.18. The smallest absolute Gasteiger partial charge is 0.149 e. The van der Waals surface area contributed by atoms with E-state index in [9.17, 15) is 4.39 Å². The van der Waals surface area contributed by atoms with Crippen LogP contribution in [0.25, 0.3) is 10.9 Å². The molecule has 0 atom stereocenters. The lowest BCUT2D eigenvalue weighted by Gasteiger charge is -2.03. The van der Waals surface area contributed by atoms with Gasteiger partial charge in [-0.3, -0.25) is 4.98 Å². The van der Waals surface area contributed by atoms with Gasteiger partial charge in [0.05, 0.1) is 10.2 Å². The molecular formula is C9H6BrFN2. The van der Waals surface area contributed by atoms with Crippen molar-refractivity contribution in [2.75, 3.05) is 5.73 Å². The van der Waals surface area contributed by atoms with E-state index in [1.54, 1.807) is 12.1 Å². The molecule has 0 spiro atoms. The molecule has 0 aliphatic heterocycles. The lowest BCUT2D eigenvalue weighted by Crippen LogP contribution is -1.92. The number of nitrogens with two attached hydrogens (primary N) is 1. The molecule has 0 aliphatic carbocycles. The summed E-state index contributed by atoms with van der Waals surface area (Å²) in [5.74, 6) is -0.350. The molecule has 13 heavy (non-hydrogen) atoms. The van der Waals surface area contributed by atoms with E-state index in [0.29, 0.717) is 21.1 Å². The van der Waals surface area contributed by atoms with E-state index in [1.807, 2.05) is 0 Å². The normalized spacial score (nSPS) is 10.6. The first-order valence-corrected chi connectivity index (χ1v) is 4.47. The van der Waals surface area contributed by atoms with E-state index in [2.05, 4.69) is 20.9 Å². The first-order valence-electron chi connectivity index (χ1n) is 3.68. The fraction of sp³-hybridized carbons (Fsp3) is 0. The quantitative estimate of drug-likeness (QED) is 0.770. The SMILES string of the molecule is Nc1c(Br)cnc2c(F)cccc12. The third-order valence-corrected chi connectivity index (χ3v) is 2.47. The number of para-hydroxylation sites is 1. The summed E-state index contributed by atoms with van der Waals surface area (Å²) in [6.45, 7) is 0. The number of halogens is 2. The standard InChI is InChI=1S/C9H6BrFN2/c10-6-4-13-9-5(8(6)12)2-1-3-7(9)11/h1-4H,(H2,12,13). The number of hydrogen-bond acceptors (Lipinski definition) is 2. The van der Waals surface area contributed by atoms with Gasteiger partial charge in [-0.05, 0) is 22.0 Å². The Morgan fingerprint density at radius 3 is 2.92 bits per heavy atom. The predicted octanol–water partition coefficient (Wildman–Crippen LogP) is 2.72. The van der Waals surface area contributed by atoms with Crippen LogP contribution >= 0.6 is 15.9 Å². The molecule has 0 fully saturated rings. The molecule has 0 saturated carbocycles. The topological polar surface area (TPSA) is 38.9 Å². The highest BCUT2D eigenvalue weighted by atomic mass is 79.9. The maximum Gasteiger partial charge on any atom is 0.149 e. The largest absolute Gasteiger partial charge is 0.397 e. The second-order valence-corrected chi connectivity index (χ2v) is 3.51. The van der Waals surface area contributed by atoms with Crippen LogP contribution in [0.5, 0.6) is 0 Å². The molecule has 66 valence electrons. The molecule has 0 aliphatic rings. The number of aromatic nitrogens is 1. The number of nitrogens with zero attached hydrogens (tertiary/aromatic N) is 1. The third kappa shape index (κ3) is 1.27. The number of hydrogen-bond donors (Lipinski definition) is 1. The van der Waals surface area contributed by atoms with Crippen LogP contribution in [0, 0.1) is 5.82 Å². The number of benzene rings is 1.